The third kappa shape index (κ3) is 53.7. The van der Waals surface area contributed by atoms with Crippen LogP contribution < -0.4 is 5.32 Å². The number of carbonyl (C=O) groups excluding carboxylic acids is 2. The van der Waals surface area contributed by atoms with Crippen molar-refractivity contribution in [1.29, 1.82) is 0 Å². The maximum absolute atomic E-state index is 12.5. The summed E-state index contributed by atoms with van der Waals surface area (Å²) in [6.45, 7) is 4.86. The van der Waals surface area contributed by atoms with Crippen molar-refractivity contribution in [3.63, 3.8) is 0 Å². The SMILES string of the molecule is CCCCCCCCCCCCCCCCCCCCCC(O)C(CO)NC(=O)CCCCCCCCCCCCCCCC/C=C\C/C=C\CCOC(=O)CCCCCCCCCCCCC. The van der Waals surface area contributed by atoms with Gasteiger partial charge in [0.15, 0.2) is 0 Å². The van der Waals surface area contributed by atoms with E-state index in [0.29, 0.717) is 25.9 Å². The summed E-state index contributed by atoms with van der Waals surface area (Å²) in [5.74, 6) is -0.0718. The summed E-state index contributed by atoms with van der Waals surface area (Å²) in [5, 5.41) is 23.3. The smallest absolute Gasteiger partial charge is 0.305 e. The van der Waals surface area contributed by atoms with E-state index in [-0.39, 0.29) is 18.5 Å². The van der Waals surface area contributed by atoms with Crippen LogP contribution in [0.5, 0.6) is 0 Å². The highest BCUT2D eigenvalue weighted by Crippen LogP contribution is 2.18. The van der Waals surface area contributed by atoms with Crippen molar-refractivity contribution in [2.24, 2.45) is 0 Å². The molecule has 2 atom stereocenters. The molecule has 0 aliphatic rings. The van der Waals surface area contributed by atoms with Gasteiger partial charge in [-0.1, -0.05) is 301 Å². The Morgan fingerprint density at radius 1 is 0.412 bits per heavy atom. The fourth-order valence-electron chi connectivity index (χ4n) is 9.60. The molecule has 1 amide bonds. The number of allylic oxidation sites excluding steroid dienone is 3. The predicted octanol–water partition coefficient (Wildman–Crippen LogP) is 19.0. The van der Waals surface area contributed by atoms with Crippen LogP contribution in [0.1, 0.15) is 335 Å². The summed E-state index contributed by atoms with van der Waals surface area (Å²) in [5.41, 5.74) is 0. The highest BCUT2D eigenvalue weighted by atomic mass is 16.5. The lowest BCUT2D eigenvalue weighted by Gasteiger charge is -2.22. The minimum atomic E-state index is -0.668. The van der Waals surface area contributed by atoms with Gasteiger partial charge in [0.05, 0.1) is 25.4 Å². The number of aliphatic hydroxyl groups excluding tert-OH is 2. The molecule has 68 heavy (non-hydrogen) atoms. The van der Waals surface area contributed by atoms with Crippen molar-refractivity contribution in [2.75, 3.05) is 13.2 Å². The van der Waals surface area contributed by atoms with Crippen molar-refractivity contribution < 1.29 is 24.5 Å². The van der Waals surface area contributed by atoms with Crippen LogP contribution in [0, 0.1) is 0 Å². The monoisotopic (exact) mass is 958 g/mol. The minimum absolute atomic E-state index is 0.0351. The molecule has 0 aromatic rings. The maximum Gasteiger partial charge on any atom is 0.305 e. The number of hydrogen-bond donors (Lipinski definition) is 3. The molecule has 0 fully saturated rings. The van der Waals surface area contributed by atoms with E-state index in [1.54, 1.807) is 0 Å². The third-order valence-electron chi connectivity index (χ3n) is 14.3. The second-order valence-electron chi connectivity index (χ2n) is 21.0. The van der Waals surface area contributed by atoms with E-state index in [1.807, 2.05) is 0 Å². The van der Waals surface area contributed by atoms with Crippen LogP contribution in [-0.2, 0) is 14.3 Å². The Bertz CT molecular complexity index is 1060. The Balaban J connectivity index is 3.45. The van der Waals surface area contributed by atoms with Crippen LogP contribution in [0.2, 0.25) is 0 Å². The van der Waals surface area contributed by atoms with E-state index in [1.165, 1.54) is 250 Å². The molecule has 0 rings (SSSR count). The van der Waals surface area contributed by atoms with Crippen LogP contribution in [-0.4, -0.2) is 47.4 Å². The number of esters is 1. The van der Waals surface area contributed by atoms with Gasteiger partial charge in [-0.25, -0.2) is 0 Å². The Hall–Kier alpha value is -1.66. The molecule has 6 heteroatoms. The Labute approximate surface area is 424 Å². The number of nitrogens with one attached hydrogen (secondary N) is 1. The van der Waals surface area contributed by atoms with E-state index in [0.717, 1.165) is 51.4 Å². The number of amides is 1. The van der Waals surface area contributed by atoms with Gasteiger partial charge in [-0.2, -0.15) is 0 Å². The molecule has 2 unspecified atom stereocenters. The molecule has 0 aromatic heterocycles. The number of carbonyl (C=O) groups is 2. The predicted molar refractivity (Wildman–Crippen MR) is 296 cm³/mol. The first-order valence-corrected chi connectivity index (χ1v) is 30.6. The highest BCUT2D eigenvalue weighted by Gasteiger charge is 2.20. The molecule has 0 bridgehead atoms. The van der Waals surface area contributed by atoms with Crippen molar-refractivity contribution in [1.82, 2.24) is 5.32 Å². The van der Waals surface area contributed by atoms with E-state index >= 15 is 0 Å². The fraction of sp³-hybridized carbons (Fsp3) is 0.903. The van der Waals surface area contributed by atoms with E-state index in [9.17, 15) is 19.8 Å². The van der Waals surface area contributed by atoms with Crippen molar-refractivity contribution >= 4 is 11.9 Å². The third-order valence-corrected chi connectivity index (χ3v) is 14.3. The fourth-order valence-corrected chi connectivity index (χ4v) is 9.60. The summed E-state index contributed by atoms with van der Waals surface area (Å²) in [4.78, 5) is 24.5. The largest absolute Gasteiger partial charge is 0.465 e. The second kappa shape index (κ2) is 57.9. The van der Waals surface area contributed by atoms with Crippen LogP contribution >= 0.6 is 0 Å². The average molecular weight is 959 g/mol. The Morgan fingerprint density at radius 2 is 0.735 bits per heavy atom. The zero-order chi connectivity index (χ0) is 49.3. The normalized spacial score (nSPS) is 12.7. The van der Waals surface area contributed by atoms with E-state index < -0.39 is 12.1 Å². The lowest BCUT2D eigenvalue weighted by Crippen LogP contribution is -2.45. The topological polar surface area (TPSA) is 95.9 Å². The van der Waals surface area contributed by atoms with Gasteiger partial charge >= 0.3 is 5.97 Å². The van der Waals surface area contributed by atoms with Crippen LogP contribution in [0.4, 0.5) is 0 Å². The van der Waals surface area contributed by atoms with E-state index in [2.05, 4.69) is 43.5 Å². The molecule has 0 saturated carbocycles. The molecule has 0 spiro atoms. The molecule has 0 heterocycles. The molecule has 6 nitrogen and oxygen atoms in total. The molecule has 0 saturated heterocycles. The zero-order valence-electron chi connectivity index (χ0n) is 45.9. The van der Waals surface area contributed by atoms with Gasteiger partial charge in [-0.15, -0.1) is 0 Å². The summed E-state index contributed by atoms with van der Waals surface area (Å²) >= 11 is 0. The second-order valence-corrected chi connectivity index (χ2v) is 21.0. The standard InChI is InChI=1S/C62H119NO5/c1-3-5-7-9-11-13-15-16-17-18-22-25-28-31-35-38-42-46-50-54-60(65)59(58-64)63-61(66)55-51-47-43-39-36-32-29-26-23-20-19-21-24-27-30-33-37-41-45-49-53-57-68-62(67)56-52-48-44-40-34-14-12-10-8-6-4-2/h33,37,45,49,59-60,64-65H,3-32,34-36,38-44,46-48,50-58H2,1-2H3,(H,63,66)/b37-33-,49-45-. The molecular formula is C62H119NO5. The van der Waals surface area contributed by atoms with Crippen LogP contribution in [0.15, 0.2) is 24.3 Å². The molecule has 0 aliphatic carbocycles. The van der Waals surface area contributed by atoms with Crippen LogP contribution in [0.25, 0.3) is 0 Å². The van der Waals surface area contributed by atoms with Gasteiger partial charge in [0.25, 0.3) is 0 Å². The summed E-state index contributed by atoms with van der Waals surface area (Å²) < 4.78 is 5.40. The lowest BCUT2D eigenvalue weighted by atomic mass is 10.0. The first-order valence-electron chi connectivity index (χ1n) is 30.6. The van der Waals surface area contributed by atoms with Gasteiger partial charge in [-0.05, 0) is 44.9 Å². The van der Waals surface area contributed by atoms with Gasteiger partial charge < -0.3 is 20.3 Å². The maximum atomic E-state index is 12.5. The average Bonchev–Trinajstić information content (AvgIpc) is 3.34. The van der Waals surface area contributed by atoms with Crippen molar-refractivity contribution in [2.45, 2.75) is 347 Å². The number of rotatable bonds is 57. The Kier molecular flexibility index (Phi) is 56.5. The molecule has 402 valence electrons. The molecule has 3 N–H and O–H groups in total. The van der Waals surface area contributed by atoms with Gasteiger partial charge in [0.1, 0.15) is 0 Å². The highest BCUT2D eigenvalue weighted by molar-refractivity contribution is 5.76. The van der Waals surface area contributed by atoms with Crippen molar-refractivity contribution in [3.8, 4) is 0 Å². The first-order chi connectivity index (χ1) is 33.5. The summed E-state index contributed by atoms with van der Waals surface area (Å²) in [6, 6.07) is -0.545. The molecular weight excluding hydrogens is 839 g/mol. The van der Waals surface area contributed by atoms with Crippen LogP contribution in [0.3, 0.4) is 0 Å². The summed E-state index contributed by atoms with van der Waals surface area (Å²) in [6.07, 6.45) is 70.5. The van der Waals surface area contributed by atoms with Gasteiger partial charge in [0, 0.05) is 12.8 Å². The molecule has 0 aliphatic heterocycles. The quantitative estimate of drug-likeness (QED) is 0.0321. The van der Waals surface area contributed by atoms with Gasteiger partial charge in [0.2, 0.25) is 5.91 Å². The number of ether oxygens (including phenoxy) is 1. The molecule has 0 aromatic carbocycles. The first kappa shape index (κ1) is 66.3. The number of unbranched alkanes of at least 4 members (excludes halogenated alkanes) is 42. The van der Waals surface area contributed by atoms with Gasteiger partial charge in [-0.3, -0.25) is 9.59 Å². The molecule has 0 radical (unpaired) electrons. The number of hydrogen-bond acceptors (Lipinski definition) is 5. The lowest BCUT2D eigenvalue weighted by molar-refractivity contribution is -0.143. The summed E-state index contributed by atoms with van der Waals surface area (Å²) in [7, 11) is 0. The minimum Gasteiger partial charge on any atom is -0.465 e. The van der Waals surface area contributed by atoms with E-state index in [4.69, 9.17) is 4.74 Å². The zero-order valence-corrected chi connectivity index (χ0v) is 45.9. The Morgan fingerprint density at radius 3 is 1.12 bits per heavy atom. The van der Waals surface area contributed by atoms with Crippen molar-refractivity contribution in [3.05, 3.63) is 24.3 Å². The number of aliphatic hydroxyl groups is 2.